The highest BCUT2D eigenvalue weighted by Gasteiger charge is 2.41. The number of hydrogen-bond acceptors (Lipinski definition) is 4. The zero-order valence-electron chi connectivity index (χ0n) is 22.0. The van der Waals surface area contributed by atoms with Gasteiger partial charge in [-0.25, -0.2) is 0 Å². The fourth-order valence-corrected chi connectivity index (χ4v) is 5.70. The molecule has 9 heteroatoms. The summed E-state index contributed by atoms with van der Waals surface area (Å²) in [6.07, 6.45) is 2.04. The zero-order valence-corrected chi connectivity index (χ0v) is 23.6. The van der Waals surface area contributed by atoms with Crippen LogP contribution in [0.25, 0.3) is 5.69 Å². The lowest BCUT2D eigenvalue weighted by Gasteiger charge is -2.28. The number of nitrogens with one attached hydrogen (secondary N) is 2. The van der Waals surface area contributed by atoms with Gasteiger partial charge in [0.15, 0.2) is 5.11 Å². The highest BCUT2D eigenvalue weighted by Crippen LogP contribution is 2.41. The highest BCUT2D eigenvalue weighted by atomic mass is 35.5. The van der Waals surface area contributed by atoms with Crippen molar-refractivity contribution in [1.29, 1.82) is 0 Å². The Morgan fingerprint density at radius 2 is 1.85 bits per heavy atom. The number of pyridine rings is 1. The van der Waals surface area contributed by atoms with Gasteiger partial charge in [-0.15, -0.1) is 0 Å². The number of anilines is 1. The molecule has 2 aromatic carbocycles. The zero-order chi connectivity index (χ0) is 27.5. The van der Waals surface area contributed by atoms with Gasteiger partial charge in [0.25, 0.3) is 0 Å². The van der Waals surface area contributed by atoms with Gasteiger partial charge < -0.3 is 24.8 Å². The SMILES string of the molecule is COc1ccccc1NC(=O)CCN1C(=S)NC(c2ccccn2)C1c1cc(C)n(-c2ccc(Cl)cc2)c1C. The molecule has 2 atom stereocenters. The Morgan fingerprint density at radius 3 is 2.56 bits per heavy atom. The lowest BCUT2D eigenvalue weighted by atomic mass is 9.96. The van der Waals surface area contributed by atoms with Crippen LogP contribution >= 0.6 is 23.8 Å². The Morgan fingerprint density at radius 1 is 1.10 bits per heavy atom. The molecule has 0 saturated carbocycles. The number of carbonyl (C=O) groups excluding carboxylic acids is 1. The minimum atomic E-state index is -0.171. The van der Waals surface area contributed by atoms with Gasteiger partial charge in [-0.3, -0.25) is 9.78 Å². The number of ether oxygens (including phenoxy) is 1. The van der Waals surface area contributed by atoms with E-state index in [4.69, 9.17) is 28.6 Å². The maximum absolute atomic E-state index is 13.0. The topological polar surface area (TPSA) is 71.4 Å². The molecule has 4 aromatic rings. The van der Waals surface area contributed by atoms with Gasteiger partial charge in [-0.2, -0.15) is 0 Å². The van der Waals surface area contributed by atoms with Crippen LogP contribution in [-0.2, 0) is 4.79 Å². The van der Waals surface area contributed by atoms with Crippen LogP contribution < -0.4 is 15.4 Å². The maximum Gasteiger partial charge on any atom is 0.226 e. The Bertz CT molecular complexity index is 1490. The van der Waals surface area contributed by atoms with E-state index in [1.54, 1.807) is 13.3 Å². The number of nitrogens with zero attached hydrogens (tertiary/aromatic N) is 3. The maximum atomic E-state index is 13.0. The van der Waals surface area contributed by atoms with Crippen LogP contribution in [-0.4, -0.2) is 39.1 Å². The van der Waals surface area contributed by atoms with Gasteiger partial charge >= 0.3 is 0 Å². The van der Waals surface area contributed by atoms with Gasteiger partial charge in [0.2, 0.25) is 5.91 Å². The average molecular weight is 560 g/mol. The number of carbonyl (C=O) groups is 1. The number of amides is 1. The quantitative estimate of drug-likeness (QED) is 0.252. The van der Waals surface area contributed by atoms with E-state index in [-0.39, 0.29) is 24.4 Å². The first-order valence-corrected chi connectivity index (χ1v) is 13.5. The number of aryl methyl sites for hydroxylation is 1. The van der Waals surface area contributed by atoms with Crippen molar-refractivity contribution >= 4 is 40.5 Å². The van der Waals surface area contributed by atoms with Crippen LogP contribution in [0, 0.1) is 13.8 Å². The molecular formula is C30H30ClN5O2S. The van der Waals surface area contributed by atoms with E-state index in [1.165, 1.54) is 0 Å². The molecule has 1 aliphatic rings. The number of para-hydroxylation sites is 2. The second kappa shape index (κ2) is 11.5. The summed E-state index contributed by atoms with van der Waals surface area (Å²) in [5.41, 5.74) is 5.87. The lowest BCUT2D eigenvalue weighted by Crippen LogP contribution is -2.33. The third-order valence-corrected chi connectivity index (χ3v) is 7.64. The van der Waals surface area contributed by atoms with Gasteiger partial charge in [0, 0.05) is 41.3 Å². The molecule has 1 saturated heterocycles. The number of methoxy groups -OCH3 is 1. The van der Waals surface area contributed by atoms with E-state index in [2.05, 4.69) is 45.0 Å². The number of rotatable bonds is 8. The van der Waals surface area contributed by atoms with E-state index in [9.17, 15) is 4.79 Å². The van der Waals surface area contributed by atoms with Crippen molar-refractivity contribution in [2.24, 2.45) is 0 Å². The van der Waals surface area contributed by atoms with Crippen LogP contribution in [0.4, 0.5) is 5.69 Å². The van der Waals surface area contributed by atoms with Crippen molar-refractivity contribution in [3.8, 4) is 11.4 Å². The molecule has 7 nitrogen and oxygen atoms in total. The number of halogens is 1. The van der Waals surface area contributed by atoms with Gasteiger partial charge in [0.05, 0.1) is 30.6 Å². The van der Waals surface area contributed by atoms with Crippen molar-refractivity contribution in [3.63, 3.8) is 0 Å². The molecule has 5 rings (SSSR count). The Kier molecular flexibility index (Phi) is 7.86. The molecule has 39 heavy (non-hydrogen) atoms. The minimum Gasteiger partial charge on any atom is -0.495 e. The van der Waals surface area contributed by atoms with Crippen molar-refractivity contribution in [2.75, 3.05) is 19.0 Å². The highest BCUT2D eigenvalue weighted by molar-refractivity contribution is 7.80. The van der Waals surface area contributed by atoms with Crippen LogP contribution in [0.1, 0.15) is 41.1 Å². The lowest BCUT2D eigenvalue weighted by molar-refractivity contribution is -0.116. The molecule has 0 radical (unpaired) electrons. The minimum absolute atomic E-state index is 0.117. The molecule has 2 unspecified atom stereocenters. The number of thiocarbonyl (C=S) groups is 1. The van der Waals surface area contributed by atoms with Gasteiger partial charge in [-0.1, -0.05) is 29.8 Å². The first-order chi connectivity index (χ1) is 18.9. The largest absolute Gasteiger partial charge is 0.495 e. The first kappa shape index (κ1) is 26.7. The molecule has 3 heterocycles. The molecule has 1 aliphatic heterocycles. The number of aromatic nitrogens is 2. The summed E-state index contributed by atoms with van der Waals surface area (Å²) < 4.78 is 7.59. The predicted octanol–water partition coefficient (Wildman–Crippen LogP) is 6.15. The van der Waals surface area contributed by atoms with E-state index >= 15 is 0 Å². The molecule has 0 spiro atoms. The van der Waals surface area contributed by atoms with Crippen molar-refractivity contribution in [3.05, 3.63) is 107 Å². The third-order valence-electron chi connectivity index (χ3n) is 7.03. The average Bonchev–Trinajstić information content (AvgIpc) is 3.43. The molecule has 0 bridgehead atoms. The smallest absolute Gasteiger partial charge is 0.226 e. The van der Waals surface area contributed by atoms with Crippen LogP contribution in [0.2, 0.25) is 5.02 Å². The summed E-state index contributed by atoms with van der Waals surface area (Å²) in [5.74, 6) is 0.501. The van der Waals surface area contributed by atoms with Crippen LogP contribution in [0.15, 0.2) is 79.0 Å². The van der Waals surface area contributed by atoms with Gasteiger partial charge in [0.1, 0.15) is 5.75 Å². The number of benzene rings is 2. The van der Waals surface area contributed by atoms with E-state index in [0.717, 1.165) is 28.3 Å². The molecule has 200 valence electrons. The normalized spacial score (nSPS) is 16.7. The summed E-state index contributed by atoms with van der Waals surface area (Å²) in [7, 11) is 1.59. The molecule has 1 fully saturated rings. The molecule has 2 aromatic heterocycles. The van der Waals surface area contributed by atoms with Crippen LogP contribution in [0.3, 0.4) is 0 Å². The molecule has 2 N–H and O–H groups in total. The van der Waals surface area contributed by atoms with E-state index < -0.39 is 0 Å². The monoisotopic (exact) mass is 559 g/mol. The predicted molar refractivity (Wildman–Crippen MR) is 159 cm³/mol. The number of hydrogen-bond donors (Lipinski definition) is 2. The first-order valence-electron chi connectivity index (χ1n) is 12.7. The van der Waals surface area contributed by atoms with Crippen molar-refractivity contribution in [1.82, 2.24) is 19.8 Å². The Hall–Kier alpha value is -3.88. The summed E-state index contributed by atoms with van der Waals surface area (Å²) >= 11 is 12.0. The Balaban J connectivity index is 1.46. The van der Waals surface area contributed by atoms with Crippen LogP contribution in [0.5, 0.6) is 5.75 Å². The van der Waals surface area contributed by atoms with Gasteiger partial charge in [-0.05, 0) is 86.2 Å². The standard InChI is InChI=1S/C30H30ClN5O2S/c1-19-18-23(20(2)36(19)22-13-11-21(31)12-14-22)29-28(25-9-6-7-16-32-25)34-30(39)35(29)17-15-27(37)33-24-8-4-5-10-26(24)38-3/h4-14,16,18,28-29H,15,17H2,1-3H3,(H,33,37)(H,34,39). The fraction of sp³-hybridized carbons (Fsp3) is 0.233. The second-order valence-corrected chi connectivity index (χ2v) is 10.3. The van der Waals surface area contributed by atoms with E-state index in [0.29, 0.717) is 28.1 Å². The molecule has 0 aliphatic carbocycles. The van der Waals surface area contributed by atoms with Crippen molar-refractivity contribution in [2.45, 2.75) is 32.4 Å². The summed E-state index contributed by atoms with van der Waals surface area (Å²) in [6, 6.07) is 22.9. The fourth-order valence-electron chi connectivity index (χ4n) is 5.24. The Labute approximate surface area is 238 Å². The third kappa shape index (κ3) is 5.48. The summed E-state index contributed by atoms with van der Waals surface area (Å²) in [4.78, 5) is 19.7. The summed E-state index contributed by atoms with van der Waals surface area (Å²) in [5, 5.41) is 7.74. The second-order valence-electron chi connectivity index (χ2n) is 9.46. The molecule has 1 amide bonds. The van der Waals surface area contributed by atoms with Crippen molar-refractivity contribution < 1.29 is 9.53 Å². The molecular weight excluding hydrogens is 530 g/mol. The van der Waals surface area contributed by atoms with E-state index in [1.807, 2.05) is 66.7 Å². The summed E-state index contributed by atoms with van der Waals surface area (Å²) in [6.45, 7) is 4.64.